The molecule has 1 fully saturated rings. The second-order valence-electron chi connectivity index (χ2n) is 3.60. The van der Waals surface area contributed by atoms with E-state index < -0.39 is 0 Å². The first-order valence-corrected chi connectivity index (χ1v) is 5.82. The molecule has 0 amide bonds. The molecule has 1 atom stereocenters. The molecule has 0 aliphatic carbocycles. The fourth-order valence-corrected chi connectivity index (χ4v) is 2.12. The van der Waals surface area contributed by atoms with Crippen LogP contribution in [-0.4, -0.2) is 37.5 Å². The van der Waals surface area contributed by atoms with E-state index in [2.05, 4.69) is 33.0 Å². The molecule has 3 nitrogen and oxygen atoms in total. The number of benzene rings is 1. The van der Waals surface area contributed by atoms with Gasteiger partial charge in [-0.2, -0.15) is 0 Å². The van der Waals surface area contributed by atoms with E-state index in [4.69, 9.17) is 9.84 Å². The summed E-state index contributed by atoms with van der Waals surface area (Å²) in [4.78, 5) is 2.23. The molecule has 82 valence electrons. The van der Waals surface area contributed by atoms with Crippen LogP contribution in [0.3, 0.4) is 0 Å². The van der Waals surface area contributed by atoms with Gasteiger partial charge in [0.05, 0.1) is 19.3 Å². The zero-order chi connectivity index (χ0) is 10.7. The molecule has 0 aromatic heterocycles. The van der Waals surface area contributed by atoms with Gasteiger partial charge in [0.25, 0.3) is 0 Å². The third kappa shape index (κ3) is 2.71. The molecule has 1 N–H and O–H groups in total. The summed E-state index contributed by atoms with van der Waals surface area (Å²) in [7, 11) is 0. The van der Waals surface area contributed by atoms with Crippen molar-refractivity contribution in [2.24, 2.45) is 0 Å². The first-order chi connectivity index (χ1) is 7.29. The Morgan fingerprint density at radius 1 is 1.53 bits per heavy atom. The number of morpholine rings is 1. The van der Waals surface area contributed by atoms with Crippen LogP contribution in [0, 0.1) is 0 Å². The van der Waals surface area contributed by atoms with Crippen LogP contribution in [0.4, 0.5) is 5.69 Å². The average Bonchev–Trinajstić information content (AvgIpc) is 2.29. The van der Waals surface area contributed by atoms with Crippen LogP contribution in [0.1, 0.15) is 0 Å². The number of rotatable bonds is 2. The minimum absolute atomic E-state index is 0.0577. The molecule has 1 aromatic rings. The minimum atomic E-state index is -0.0577. The lowest BCUT2D eigenvalue weighted by Crippen LogP contribution is -2.44. The molecule has 4 heteroatoms. The van der Waals surface area contributed by atoms with E-state index in [1.165, 1.54) is 5.69 Å². The topological polar surface area (TPSA) is 32.7 Å². The van der Waals surface area contributed by atoms with Gasteiger partial charge in [-0.25, -0.2) is 0 Å². The first-order valence-electron chi connectivity index (χ1n) is 5.02. The number of aliphatic hydroxyl groups excluding tert-OH is 1. The Morgan fingerprint density at radius 3 is 3.13 bits per heavy atom. The van der Waals surface area contributed by atoms with Crippen LogP contribution in [0.25, 0.3) is 0 Å². The third-order valence-electron chi connectivity index (χ3n) is 2.52. The largest absolute Gasteiger partial charge is 0.394 e. The van der Waals surface area contributed by atoms with Gasteiger partial charge in [0.1, 0.15) is 0 Å². The molecular formula is C11H14BrNO2. The molecule has 1 unspecified atom stereocenters. The van der Waals surface area contributed by atoms with Gasteiger partial charge in [0.15, 0.2) is 0 Å². The van der Waals surface area contributed by atoms with Gasteiger partial charge in [-0.3, -0.25) is 0 Å². The molecule has 15 heavy (non-hydrogen) atoms. The highest BCUT2D eigenvalue weighted by Crippen LogP contribution is 2.21. The van der Waals surface area contributed by atoms with Crippen molar-refractivity contribution in [1.29, 1.82) is 0 Å². The van der Waals surface area contributed by atoms with Gasteiger partial charge in [-0.1, -0.05) is 22.0 Å². The van der Waals surface area contributed by atoms with Crippen LogP contribution in [0.2, 0.25) is 0 Å². The maximum Gasteiger partial charge on any atom is 0.0980 e. The number of nitrogens with zero attached hydrogens (tertiary/aromatic N) is 1. The number of hydrogen-bond acceptors (Lipinski definition) is 3. The summed E-state index contributed by atoms with van der Waals surface area (Å²) in [5, 5.41) is 9.05. The lowest BCUT2D eigenvalue weighted by atomic mass is 10.2. The summed E-state index contributed by atoms with van der Waals surface area (Å²) >= 11 is 3.45. The Morgan fingerprint density at radius 2 is 2.40 bits per heavy atom. The predicted molar refractivity (Wildman–Crippen MR) is 63.2 cm³/mol. The van der Waals surface area contributed by atoms with Gasteiger partial charge in [0.2, 0.25) is 0 Å². The SMILES string of the molecule is OCC1CN(c2cccc(Br)c2)CCO1. The molecule has 1 heterocycles. The van der Waals surface area contributed by atoms with E-state index in [1.807, 2.05) is 12.1 Å². The lowest BCUT2D eigenvalue weighted by Gasteiger charge is -2.33. The Bertz CT molecular complexity index is 332. The Kier molecular flexibility index (Phi) is 3.61. The van der Waals surface area contributed by atoms with E-state index in [1.54, 1.807) is 0 Å². The molecule has 2 rings (SSSR count). The number of ether oxygens (including phenoxy) is 1. The summed E-state index contributed by atoms with van der Waals surface area (Å²) in [5.41, 5.74) is 1.17. The fraction of sp³-hybridized carbons (Fsp3) is 0.455. The van der Waals surface area contributed by atoms with Crippen molar-refractivity contribution in [2.45, 2.75) is 6.10 Å². The quantitative estimate of drug-likeness (QED) is 0.888. The summed E-state index contributed by atoms with van der Waals surface area (Å²) in [5.74, 6) is 0. The third-order valence-corrected chi connectivity index (χ3v) is 3.01. The number of anilines is 1. The standard InChI is InChI=1S/C11H14BrNO2/c12-9-2-1-3-10(6-9)13-4-5-15-11(7-13)8-14/h1-3,6,11,14H,4-5,7-8H2. The van der Waals surface area contributed by atoms with Gasteiger partial charge in [-0.05, 0) is 18.2 Å². The van der Waals surface area contributed by atoms with Crippen molar-refractivity contribution in [2.75, 3.05) is 31.2 Å². The maximum absolute atomic E-state index is 9.05. The van der Waals surface area contributed by atoms with Crippen molar-refractivity contribution in [1.82, 2.24) is 0 Å². The second-order valence-corrected chi connectivity index (χ2v) is 4.52. The van der Waals surface area contributed by atoms with Crippen molar-refractivity contribution in [3.63, 3.8) is 0 Å². The minimum Gasteiger partial charge on any atom is -0.394 e. The normalized spacial score (nSPS) is 21.7. The molecule has 1 aliphatic heterocycles. The molecule has 0 spiro atoms. The molecule has 0 radical (unpaired) electrons. The number of hydrogen-bond donors (Lipinski definition) is 1. The van der Waals surface area contributed by atoms with Crippen molar-refractivity contribution in [3.8, 4) is 0 Å². The van der Waals surface area contributed by atoms with Crippen LogP contribution >= 0.6 is 15.9 Å². The van der Waals surface area contributed by atoms with Gasteiger partial charge in [-0.15, -0.1) is 0 Å². The zero-order valence-electron chi connectivity index (χ0n) is 8.40. The van der Waals surface area contributed by atoms with Gasteiger partial charge >= 0.3 is 0 Å². The summed E-state index contributed by atoms with van der Waals surface area (Å²) in [6.07, 6.45) is -0.0577. The second kappa shape index (κ2) is 4.96. The lowest BCUT2D eigenvalue weighted by molar-refractivity contribution is 0.00356. The number of halogens is 1. The van der Waals surface area contributed by atoms with Crippen LogP contribution in [0.5, 0.6) is 0 Å². The van der Waals surface area contributed by atoms with Crippen LogP contribution < -0.4 is 4.90 Å². The van der Waals surface area contributed by atoms with Crippen LogP contribution in [-0.2, 0) is 4.74 Å². The highest BCUT2D eigenvalue weighted by Gasteiger charge is 2.19. The fourth-order valence-electron chi connectivity index (χ4n) is 1.74. The van der Waals surface area contributed by atoms with E-state index in [-0.39, 0.29) is 12.7 Å². The first kappa shape index (κ1) is 10.9. The predicted octanol–water partition coefficient (Wildman–Crippen LogP) is 1.65. The molecule has 1 saturated heterocycles. The van der Waals surface area contributed by atoms with E-state index >= 15 is 0 Å². The average molecular weight is 272 g/mol. The van der Waals surface area contributed by atoms with E-state index in [0.717, 1.165) is 17.6 Å². The Labute approximate surface area is 97.8 Å². The van der Waals surface area contributed by atoms with Crippen LogP contribution in [0.15, 0.2) is 28.7 Å². The molecule has 1 aromatic carbocycles. The highest BCUT2D eigenvalue weighted by atomic mass is 79.9. The van der Waals surface area contributed by atoms with Crippen molar-refractivity contribution < 1.29 is 9.84 Å². The van der Waals surface area contributed by atoms with Gasteiger partial charge < -0.3 is 14.7 Å². The molecule has 1 aliphatic rings. The number of aliphatic hydroxyl groups is 1. The summed E-state index contributed by atoms with van der Waals surface area (Å²) in [6.45, 7) is 2.40. The zero-order valence-corrected chi connectivity index (χ0v) is 9.98. The highest BCUT2D eigenvalue weighted by molar-refractivity contribution is 9.10. The van der Waals surface area contributed by atoms with E-state index in [9.17, 15) is 0 Å². The Balaban J connectivity index is 2.09. The van der Waals surface area contributed by atoms with E-state index in [0.29, 0.717) is 6.61 Å². The van der Waals surface area contributed by atoms with Gasteiger partial charge in [0, 0.05) is 23.2 Å². The summed E-state index contributed by atoms with van der Waals surface area (Å²) in [6, 6.07) is 8.18. The molecule has 0 saturated carbocycles. The maximum atomic E-state index is 9.05. The smallest absolute Gasteiger partial charge is 0.0980 e. The monoisotopic (exact) mass is 271 g/mol. The summed E-state index contributed by atoms with van der Waals surface area (Å²) < 4.78 is 6.48. The van der Waals surface area contributed by atoms with Crippen molar-refractivity contribution >= 4 is 21.6 Å². The molecular weight excluding hydrogens is 258 g/mol. The Hall–Kier alpha value is -0.580. The van der Waals surface area contributed by atoms with Crippen molar-refractivity contribution in [3.05, 3.63) is 28.7 Å². The molecule has 0 bridgehead atoms.